The zero-order valence-electron chi connectivity index (χ0n) is 23.0. The van der Waals surface area contributed by atoms with E-state index in [1.54, 1.807) is 0 Å². The number of furan rings is 1. The van der Waals surface area contributed by atoms with Crippen molar-refractivity contribution < 1.29 is 18.7 Å². The number of aliphatic hydroxyl groups is 1. The molecule has 0 amide bonds. The minimum absolute atomic E-state index is 0. The van der Waals surface area contributed by atoms with E-state index in [0.29, 0.717) is 47.3 Å². The van der Waals surface area contributed by atoms with E-state index in [1.165, 1.54) is 16.3 Å². The minimum Gasteiger partial charge on any atom is -0.490 e. The topological polar surface area (TPSA) is 84.8 Å². The second-order valence-electron chi connectivity index (χ2n) is 11.0. The van der Waals surface area contributed by atoms with Crippen LogP contribution in [-0.2, 0) is 6.42 Å². The van der Waals surface area contributed by atoms with Crippen molar-refractivity contribution in [2.24, 2.45) is 5.92 Å². The number of nitrogens with zero attached hydrogens (tertiary/aromatic N) is 3. The molecule has 0 aliphatic carbocycles. The van der Waals surface area contributed by atoms with Crippen LogP contribution in [0.4, 0.5) is 0 Å². The van der Waals surface area contributed by atoms with E-state index in [4.69, 9.17) is 13.6 Å². The number of ether oxygens (including phenoxy) is 1. The van der Waals surface area contributed by atoms with Crippen molar-refractivity contribution >= 4 is 34.1 Å². The van der Waals surface area contributed by atoms with Crippen LogP contribution in [0.1, 0.15) is 44.1 Å². The molecule has 8 heteroatoms. The Morgan fingerprint density at radius 2 is 1.75 bits per heavy atom. The first-order valence-electron chi connectivity index (χ1n) is 13.9. The molecule has 0 radical (unpaired) electrons. The van der Waals surface area contributed by atoms with Gasteiger partial charge in [0, 0.05) is 19.0 Å². The van der Waals surface area contributed by atoms with E-state index < -0.39 is 6.10 Å². The molecule has 2 aromatic heterocycles. The smallest absolute Gasteiger partial charge is 0.283 e. The van der Waals surface area contributed by atoms with Gasteiger partial charge in [-0.3, -0.25) is 0 Å². The molecular weight excluding hydrogens is 526 g/mol. The number of hydrogen-bond acceptors (Lipinski definition) is 7. The Labute approximate surface area is 240 Å². The van der Waals surface area contributed by atoms with Crippen LogP contribution < -0.4 is 4.74 Å². The molecule has 1 fully saturated rings. The molecule has 0 spiro atoms. The molecule has 1 aliphatic heterocycles. The lowest BCUT2D eigenvalue weighted by Crippen LogP contribution is -2.40. The summed E-state index contributed by atoms with van der Waals surface area (Å²) in [5.74, 6) is 3.13. The first-order chi connectivity index (χ1) is 19.0. The standard InChI is InChI=1S/C32H35N3O4.ClH/c1-21(2)16-31-33-34-32(39-31)30-18-27-28(8-5-9-29(27)38-30)37-20-26(36)19-35-14-12-23(13-15-35)25-11-10-22-6-3-4-7-24(22)17-25;/h3-11,17-18,21,23,26,36H,12-16,19-20H2,1-2H3;1H/t26-;/m0./s1. The molecule has 6 rings (SSSR count). The van der Waals surface area contributed by atoms with Crippen molar-refractivity contribution in [3.8, 4) is 17.4 Å². The predicted molar refractivity (Wildman–Crippen MR) is 159 cm³/mol. The summed E-state index contributed by atoms with van der Waals surface area (Å²) >= 11 is 0. The van der Waals surface area contributed by atoms with E-state index >= 15 is 0 Å². The fourth-order valence-electron chi connectivity index (χ4n) is 5.50. The highest BCUT2D eigenvalue weighted by Gasteiger charge is 2.23. The molecule has 1 saturated heterocycles. The number of piperidine rings is 1. The van der Waals surface area contributed by atoms with Crippen molar-refractivity contribution in [2.45, 2.75) is 45.1 Å². The number of hydrogen-bond donors (Lipinski definition) is 1. The van der Waals surface area contributed by atoms with Gasteiger partial charge in [-0.1, -0.05) is 62.4 Å². The van der Waals surface area contributed by atoms with Gasteiger partial charge in [-0.15, -0.1) is 22.6 Å². The number of likely N-dealkylation sites (tertiary alicyclic amines) is 1. The van der Waals surface area contributed by atoms with E-state index in [-0.39, 0.29) is 19.0 Å². The molecule has 1 aliphatic rings. The molecule has 1 N–H and O–H groups in total. The molecule has 1 atom stereocenters. The maximum atomic E-state index is 10.8. The molecule has 3 aromatic carbocycles. The van der Waals surface area contributed by atoms with Crippen LogP contribution in [0, 0.1) is 5.92 Å². The second-order valence-corrected chi connectivity index (χ2v) is 11.0. The summed E-state index contributed by atoms with van der Waals surface area (Å²) in [6.45, 7) is 6.96. The number of halogens is 1. The van der Waals surface area contributed by atoms with Gasteiger partial charge in [0.15, 0.2) is 5.76 Å². The minimum atomic E-state index is -0.585. The van der Waals surface area contributed by atoms with Crippen molar-refractivity contribution in [3.63, 3.8) is 0 Å². The summed E-state index contributed by atoms with van der Waals surface area (Å²) in [7, 11) is 0. The van der Waals surface area contributed by atoms with Crippen LogP contribution in [0.25, 0.3) is 33.4 Å². The average molecular weight is 562 g/mol. The summed E-state index contributed by atoms with van der Waals surface area (Å²) < 4.78 is 17.8. The van der Waals surface area contributed by atoms with Crippen molar-refractivity contribution in [1.29, 1.82) is 0 Å². The molecule has 0 saturated carbocycles. The van der Waals surface area contributed by atoms with Crippen LogP contribution in [0.5, 0.6) is 5.75 Å². The predicted octanol–water partition coefficient (Wildman–Crippen LogP) is 6.88. The second kappa shape index (κ2) is 12.4. The Morgan fingerprint density at radius 1 is 0.950 bits per heavy atom. The largest absolute Gasteiger partial charge is 0.490 e. The fraction of sp³-hybridized carbons (Fsp3) is 0.375. The molecular formula is C32H36ClN3O4. The third-order valence-corrected chi connectivity index (χ3v) is 7.51. The Kier molecular flexibility index (Phi) is 8.74. The van der Waals surface area contributed by atoms with Crippen molar-refractivity contribution in [1.82, 2.24) is 15.1 Å². The number of β-amino-alcohol motifs (C(OH)–C–C–N with tert-alkyl or cyclic N) is 1. The van der Waals surface area contributed by atoms with E-state index in [2.05, 4.69) is 71.4 Å². The van der Waals surface area contributed by atoms with Gasteiger partial charge < -0.3 is 23.6 Å². The lowest BCUT2D eigenvalue weighted by Gasteiger charge is -2.33. The molecule has 7 nitrogen and oxygen atoms in total. The number of aliphatic hydroxyl groups excluding tert-OH is 1. The van der Waals surface area contributed by atoms with E-state index in [9.17, 15) is 5.11 Å². The zero-order valence-corrected chi connectivity index (χ0v) is 23.8. The quantitative estimate of drug-likeness (QED) is 0.210. The van der Waals surface area contributed by atoms with Gasteiger partial charge in [0.05, 0.1) is 5.39 Å². The Morgan fingerprint density at radius 3 is 2.55 bits per heavy atom. The van der Waals surface area contributed by atoms with E-state index in [1.807, 2.05) is 24.3 Å². The van der Waals surface area contributed by atoms with Gasteiger partial charge in [0.25, 0.3) is 5.89 Å². The summed E-state index contributed by atoms with van der Waals surface area (Å²) in [6.07, 6.45) is 2.33. The summed E-state index contributed by atoms with van der Waals surface area (Å²) in [5.41, 5.74) is 2.10. The lowest BCUT2D eigenvalue weighted by atomic mass is 9.88. The fourth-order valence-corrected chi connectivity index (χ4v) is 5.50. The molecule has 210 valence electrons. The highest BCUT2D eigenvalue weighted by Crippen LogP contribution is 2.34. The lowest BCUT2D eigenvalue weighted by molar-refractivity contribution is 0.0599. The van der Waals surface area contributed by atoms with E-state index in [0.717, 1.165) is 37.7 Å². The average Bonchev–Trinajstić information content (AvgIpc) is 3.59. The van der Waals surface area contributed by atoms with Crippen LogP contribution in [0.15, 0.2) is 75.6 Å². The molecule has 0 unspecified atom stereocenters. The third kappa shape index (κ3) is 6.33. The Balaban J connectivity index is 0.00000323. The summed E-state index contributed by atoms with van der Waals surface area (Å²) in [4.78, 5) is 2.34. The van der Waals surface area contributed by atoms with Crippen LogP contribution in [0.3, 0.4) is 0 Å². The summed E-state index contributed by atoms with van der Waals surface area (Å²) in [6, 6.07) is 22.9. The highest BCUT2D eigenvalue weighted by atomic mass is 35.5. The SMILES string of the molecule is CC(C)Cc1nnc(-c2cc3c(OC[C@@H](O)CN4CCC(c5ccc6ccccc6c5)CC4)cccc3o2)o1.Cl. The summed E-state index contributed by atoms with van der Waals surface area (Å²) in [5, 5.41) is 22.5. The first kappa shape index (κ1) is 28.1. The third-order valence-electron chi connectivity index (χ3n) is 7.51. The highest BCUT2D eigenvalue weighted by molar-refractivity contribution is 5.87. The monoisotopic (exact) mass is 561 g/mol. The zero-order chi connectivity index (χ0) is 26.8. The molecule has 0 bridgehead atoms. The normalized spacial score (nSPS) is 15.5. The number of rotatable bonds is 9. The number of benzene rings is 3. The number of aromatic nitrogens is 2. The van der Waals surface area contributed by atoms with Crippen LogP contribution >= 0.6 is 12.4 Å². The van der Waals surface area contributed by atoms with Gasteiger partial charge in [0.1, 0.15) is 24.0 Å². The molecule has 3 heterocycles. The van der Waals surface area contributed by atoms with Gasteiger partial charge in [0.2, 0.25) is 5.89 Å². The Hall–Kier alpha value is -3.39. The molecule has 5 aromatic rings. The first-order valence-corrected chi connectivity index (χ1v) is 13.9. The maximum absolute atomic E-state index is 10.8. The maximum Gasteiger partial charge on any atom is 0.283 e. The van der Waals surface area contributed by atoms with Crippen LogP contribution in [-0.4, -0.2) is 52.5 Å². The van der Waals surface area contributed by atoms with Crippen molar-refractivity contribution in [3.05, 3.63) is 78.2 Å². The van der Waals surface area contributed by atoms with Gasteiger partial charge in [-0.2, -0.15) is 0 Å². The number of fused-ring (bicyclic) bond motifs is 2. The van der Waals surface area contributed by atoms with Gasteiger partial charge in [-0.05, 0) is 66.2 Å². The Bertz CT molecular complexity index is 1550. The van der Waals surface area contributed by atoms with Crippen molar-refractivity contribution in [2.75, 3.05) is 26.2 Å². The molecule has 40 heavy (non-hydrogen) atoms. The van der Waals surface area contributed by atoms with Gasteiger partial charge in [-0.25, -0.2) is 0 Å². The van der Waals surface area contributed by atoms with Gasteiger partial charge >= 0.3 is 0 Å². The van der Waals surface area contributed by atoms with Crippen LogP contribution in [0.2, 0.25) is 0 Å².